The van der Waals surface area contributed by atoms with Gasteiger partial charge in [-0.15, -0.1) is 0 Å². The fraction of sp³-hybridized carbons (Fsp3) is 0.250. The Kier molecular flexibility index (Phi) is 7.40. The second kappa shape index (κ2) is 9.77. The van der Waals surface area contributed by atoms with Crippen LogP contribution in [0.25, 0.3) is 0 Å². The lowest BCUT2D eigenvalue weighted by Gasteiger charge is -2.15. The van der Waals surface area contributed by atoms with Crippen molar-refractivity contribution in [3.63, 3.8) is 0 Å². The first-order valence-corrected chi connectivity index (χ1v) is 8.66. The number of aliphatic carboxylic acids is 1. The van der Waals surface area contributed by atoms with E-state index in [0.29, 0.717) is 5.56 Å². The molecule has 2 aromatic rings. The van der Waals surface area contributed by atoms with Gasteiger partial charge in [-0.3, -0.25) is 4.79 Å². The summed E-state index contributed by atoms with van der Waals surface area (Å²) in [6.07, 6.45) is -4.75. The molecule has 10 heteroatoms. The van der Waals surface area contributed by atoms with E-state index in [1.807, 2.05) is 0 Å². The number of amides is 1. The van der Waals surface area contributed by atoms with Crippen molar-refractivity contribution >= 4 is 18.1 Å². The number of para-hydroxylation sites is 1. The number of carbonyl (C=O) groups is 2. The highest BCUT2D eigenvalue weighted by Crippen LogP contribution is 2.31. The molecule has 0 heterocycles. The maximum Gasteiger partial charge on any atom is 0.416 e. The van der Waals surface area contributed by atoms with E-state index >= 15 is 0 Å². The molecule has 0 fully saturated rings. The third-order valence-corrected chi connectivity index (χ3v) is 3.88. The van der Waals surface area contributed by atoms with Gasteiger partial charge in [0.15, 0.2) is 17.6 Å². The number of carboxylic acids is 1. The molecular weight excluding hydrogens is 405 g/mol. The maximum atomic E-state index is 12.8. The molecule has 0 spiro atoms. The summed E-state index contributed by atoms with van der Waals surface area (Å²) in [6, 6.07) is 9.18. The Morgan fingerprint density at radius 2 is 1.93 bits per heavy atom. The average Bonchev–Trinajstić information content (AvgIpc) is 2.68. The third kappa shape index (κ3) is 6.23. The van der Waals surface area contributed by atoms with E-state index in [9.17, 15) is 22.8 Å². The van der Waals surface area contributed by atoms with E-state index in [4.69, 9.17) is 14.6 Å². The summed E-state index contributed by atoms with van der Waals surface area (Å²) >= 11 is 0. The van der Waals surface area contributed by atoms with Crippen LogP contribution in [-0.2, 0) is 22.2 Å². The van der Waals surface area contributed by atoms with Crippen molar-refractivity contribution in [2.24, 2.45) is 5.10 Å². The van der Waals surface area contributed by atoms with Crippen LogP contribution in [0.2, 0.25) is 0 Å². The standard InChI is InChI=1S/C20H19F3N2O5/c1-12(19(27)28)30-18-14(6-4-8-16(18)29-2)11-24-25-17(26)10-13-5-3-7-15(9-13)20(21,22)23/h3-9,11-12H,10H2,1-2H3,(H,25,26)(H,27,28)/b24-11+/t12-/m1/s1. The van der Waals surface area contributed by atoms with Gasteiger partial charge in [-0.1, -0.05) is 24.3 Å². The second-order valence-corrected chi connectivity index (χ2v) is 6.15. The van der Waals surface area contributed by atoms with Crippen LogP contribution in [0, 0.1) is 0 Å². The number of nitrogens with one attached hydrogen (secondary N) is 1. The van der Waals surface area contributed by atoms with Crippen LogP contribution in [0.3, 0.4) is 0 Å². The number of hydrogen-bond donors (Lipinski definition) is 2. The molecule has 0 saturated heterocycles. The quantitative estimate of drug-likeness (QED) is 0.501. The van der Waals surface area contributed by atoms with Crippen molar-refractivity contribution < 1.29 is 37.3 Å². The number of carbonyl (C=O) groups excluding carboxylic acids is 1. The zero-order valence-electron chi connectivity index (χ0n) is 16.1. The molecule has 1 amide bonds. The highest BCUT2D eigenvalue weighted by Gasteiger charge is 2.30. The first kappa shape index (κ1) is 22.7. The van der Waals surface area contributed by atoms with Gasteiger partial charge in [0.1, 0.15) is 0 Å². The largest absolute Gasteiger partial charge is 0.493 e. The Hall–Kier alpha value is -3.56. The minimum atomic E-state index is -4.50. The summed E-state index contributed by atoms with van der Waals surface area (Å²) in [7, 11) is 1.38. The van der Waals surface area contributed by atoms with Gasteiger partial charge in [-0.05, 0) is 30.7 Å². The predicted molar refractivity (Wildman–Crippen MR) is 102 cm³/mol. The van der Waals surface area contributed by atoms with Gasteiger partial charge in [0.25, 0.3) is 0 Å². The summed E-state index contributed by atoms with van der Waals surface area (Å²) in [6.45, 7) is 1.34. The SMILES string of the molecule is COc1cccc(/C=N/NC(=O)Cc2cccc(C(F)(F)F)c2)c1O[C@H](C)C(=O)O. The summed E-state index contributed by atoms with van der Waals surface area (Å²) in [5.41, 5.74) is 1.88. The van der Waals surface area contributed by atoms with Crippen molar-refractivity contribution in [2.45, 2.75) is 25.6 Å². The Balaban J connectivity index is 2.10. The van der Waals surface area contributed by atoms with E-state index in [-0.39, 0.29) is 23.5 Å². The number of rotatable bonds is 8. The lowest BCUT2D eigenvalue weighted by atomic mass is 10.1. The van der Waals surface area contributed by atoms with Gasteiger partial charge in [0.05, 0.1) is 25.3 Å². The number of benzene rings is 2. The molecule has 0 unspecified atom stereocenters. The van der Waals surface area contributed by atoms with Crippen molar-refractivity contribution in [3.8, 4) is 11.5 Å². The van der Waals surface area contributed by atoms with Crippen LogP contribution in [0.1, 0.15) is 23.6 Å². The lowest BCUT2D eigenvalue weighted by Crippen LogP contribution is -2.24. The molecule has 0 aliphatic heterocycles. The Morgan fingerprint density at radius 3 is 2.57 bits per heavy atom. The molecule has 2 aromatic carbocycles. The molecule has 0 aromatic heterocycles. The molecule has 2 N–H and O–H groups in total. The van der Waals surface area contributed by atoms with Gasteiger partial charge in [-0.2, -0.15) is 18.3 Å². The predicted octanol–water partition coefficient (Wildman–Crippen LogP) is 3.26. The summed E-state index contributed by atoms with van der Waals surface area (Å²) in [5, 5.41) is 12.8. The lowest BCUT2D eigenvalue weighted by molar-refractivity contribution is -0.144. The number of methoxy groups -OCH3 is 1. The van der Waals surface area contributed by atoms with Crippen LogP contribution in [0.5, 0.6) is 11.5 Å². The molecule has 0 saturated carbocycles. The zero-order valence-corrected chi connectivity index (χ0v) is 16.1. The van der Waals surface area contributed by atoms with Crippen LogP contribution in [0.4, 0.5) is 13.2 Å². The van der Waals surface area contributed by atoms with Gasteiger partial charge >= 0.3 is 12.1 Å². The van der Waals surface area contributed by atoms with Crippen molar-refractivity contribution in [1.29, 1.82) is 0 Å². The minimum absolute atomic E-state index is 0.116. The third-order valence-electron chi connectivity index (χ3n) is 3.88. The molecule has 0 aliphatic carbocycles. The molecule has 1 atom stereocenters. The van der Waals surface area contributed by atoms with Crippen molar-refractivity contribution in [3.05, 3.63) is 59.2 Å². The Bertz CT molecular complexity index is 944. The van der Waals surface area contributed by atoms with Crippen LogP contribution < -0.4 is 14.9 Å². The molecular formula is C20H19F3N2O5. The topological polar surface area (TPSA) is 97.2 Å². The molecule has 0 bridgehead atoms. The van der Waals surface area contributed by atoms with Crippen LogP contribution in [0.15, 0.2) is 47.6 Å². The number of hydrazone groups is 1. The van der Waals surface area contributed by atoms with Crippen molar-refractivity contribution in [2.75, 3.05) is 7.11 Å². The molecule has 2 rings (SSSR count). The fourth-order valence-corrected chi connectivity index (χ4v) is 2.40. The molecule has 0 aliphatic rings. The normalized spacial score (nSPS) is 12.4. The highest BCUT2D eigenvalue weighted by atomic mass is 19.4. The van der Waals surface area contributed by atoms with E-state index in [1.165, 1.54) is 32.4 Å². The van der Waals surface area contributed by atoms with Crippen molar-refractivity contribution in [1.82, 2.24) is 5.43 Å². The van der Waals surface area contributed by atoms with Crippen LogP contribution >= 0.6 is 0 Å². The second-order valence-electron chi connectivity index (χ2n) is 6.15. The first-order valence-electron chi connectivity index (χ1n) is 8.66. The number of hydrogen-bond acceptors (Lipinski definition) is 5. The van der Waals surface area contributed by atoms with E-state index < -0.39 is 29.7 Å². The number of halogens is 3. The number of carboxylic acid groups (broad SMARTS) is 1. The Morgan fingerprint density at radius 1 is 1.23 bits per heavy atom. The van der Waals surface area contributed by atoms with Gasteiger partial charge in [0.2, 0.25) is 5.91 Å². The van der Waals surface area contributed by atoms with Gasteiger partial charge in [-0.25, -0.2) is 10.2 Å². The number of ether oxygens (including phenoxy) is 2. The summed E-state index contributed by atoms with van der Waals surface area (Å²) in [4.78, 5) is 23.0. The zero-order chi connectivity index (χ0) is 22.3. The highest BCUT2D eigenvalue weighted by molar-refractivity contribution is 5.87. The fourth-order valence-electron chi connectivity index (χ4n) is 2.40. The maximum absolute atomic E-state index is 12.8. The van der Waals surface area contributed by atoms with E-state index in [2.05, 4.69) is 10.5 Å². The van der Waals surface area contributed by atoms with Crippen LogP contribution in [-0.4, -0.2) is 36.4 Å². The molecule has 0 radical (unpaired) electrons. The molecule has 7 nitrogen and oxygen atoms in total. The molecule has 160 valence electrons. The van der Waals surface area contributed by atoms with E-state index in [1.54, 1.807) is 18.2 Å². The minimum Gasteiger partial charge on any atom is -0.493 e. The first-order chi connectivity index (χ1) is 14.1. The molecule has 30 heavy (non-hydrogen) atoms. The number of nitrogens with zero attached hydrogens (tertiary/aromatic N) is 1. The van der Waals surface area contributed by atoms with Gasteiger partial charge in [0, 0.05) is 5.56 Å². The Labute approximate surface area is 170 Å². The average molecular weight is 424 g/mol. The van der Waals surface area contributed by atoms with Gasteiger partial charge < -0.3 is 14.6 Å². The summed E-state index contributed by atoms with van der Waals surface area (Å²) < 4.78 is 48.8. The van der Waals surface area contributed by atoms with E-state index in [0.717, 1.165) is 12.1 Å². The summed E-state index contributed by atoms with van der Waals surface area (Å²) in [5.74, 6) is -1.43. The smallest absolute Gasteiger partial charge is 0.416 e. The number of alkyl halides is 3. The monoisotopic (exact) mass is 424 g/mol.